The van der Waals surface area contributed by atoms with Crippen LogP contribution in [0.15, 0.2) is 49.3 Å². The first-order valence-corrected chi connectivity index (χ1v) is 4.70. The van der Waals surface area contributed by atoms with Crippen LogP contribution in [0, 0.1) is 0 Å². The number of nitrogens with one attached hydrogen (secondary N) is 1. The maximum atomic E-state index is 11.2. The van der Waals surface area contributed by atoms with Gasteiger partial charge in [-0.3, -0.25) is 4.79 Å². The predicted octanol–water partition coefficient (Wildman–Crippen LogP) is 1.39. The third-order valence-corrected chi connectivity index (χ3v) is 2.02. The Hall–Kier alpha value is -2.43. The van der Waals surface area contributed by atoms with E-state index in [4.69, 9.17) is 0 Å². The Labute approximate surface area is 92.4 Å². The minimum Gasteiger partial charge on any atom is -0.321 e. The first kappa shape index (κ1) is 10.1. The van der Waals surface area contributed by atoms with Gasteiger partial charge >= 0.3 is 0 Å². The number of benzene rings is 1. The summed E-state index contributed by atoms with van der Waals surface area (Å²) in [5, 5.41) is 10.3. The van der Waals surface area contributed by atoms with Gasteiger partial charge in [0.05, 0.1) is 23.8 Å². The van der Waals surface area contributed by atoms with Gasteiger partial charge in [-0.05, 0) is 18.2 Å². The highest BCUT2D eigenvalue weighted by molar-refractivity contribution is 6.00. The molecule has 1 aromatic carbocycles. The van der Waals surface area contributed by atoms with Crippen molar-refractivity contribution in [1.82, 2.24) is 15.0 Å². The van der Waals surface area contributed by atoms with E-state index in [9.17, 15) is 4.79 Å². The Balaban J connectivity index is 2.38. The lowest BCUT2D eigenvalue weighted by molar-refractivity contribution is -0.111. The van der Waals surface area contributed by atoms with Crippen molar-refractivity contribution in [3.8, 4) is 5.69 Å². The lowest BCUT2D eigenvalue weighted by Crippen LogP contribution is -2.10. The van der Waals surface area contributed by atoms with Gasteiger partial charge in [0, 0.05) is 0 Å². The van der Waals surface area contributed by atoms with Gasteiger partial charge in [0.1, 0.15) is 0 Å². The third-order valence-electron chi connectivity index (χ3n) is 2.02. The van der Waals surface area contributed by atoms with Crippen molar-refractivity contribution in [3.63, 3.8) is 0 Å². The molecular formula is C11H10N4O. The summed E-state index contributed by atoms with van der Waals surface area (Å²) in [7, 11) is 0. The SMILES string of the molecule is C=CC(=O)Nc1ccccc1-n1ccnn1. The van der Waals surface area contributed by atoms with Crippen molar-refractivity contribution in [3.05, 3.63) is 49.3 Å². The lowest BCUT2D eigenvalue weighted by Gasteiger charge is -2.08. The van der Waals surface area contributed by atoms with E-state index in [0.717, 1.165) is 5.69 Å². The van der Waals surface area contributed by atoms with Gasteiger partial charge in [-0.25, -0.2) is 4.68 Å². The van der Waals surface area contributed by atoms with Crippen LogP contribution < -0.4 is 5.32 Å². The van der Waals surface area contributed by atoms with Crippen LogP contribution in [0.25, 0.3) is 5.69 Å². The fourth-order valence-electron chi connectivity index (χ4n) is 1.30. The molecule has 0 fully saturated rings. The molecule has 1 aromatic heterocycles. The first-order chi connectivity index (χ1) is 7.81. The predicted molar refractivity (Wildman–Crippen MR) is 60.2 cm³/mol. The number of anilines is 1. The fourth-order valence-corrected chi connectivity index (χ4v) is 1.30. The molecular weight excluding hydrogens is 204 g/mol. The number of aromatic nitrogens is 3. The molecule has 0 aliphatic carbocycles. The number of rotatable bonds is 3. The number of amides is 1. The highest BCUT2D eigenvalue weighted by Crippen LogP contribution is 2.18. The monoisotopic (exact) mass is 214 g/mol. The largest absolute Gasteiger partial charge is 0.321 e. The van der Waals surface area contributed by atoms with E-state index in [2.05, 4.69) is 22.2 Å². The van der Waals surface area contributed by atoms with E-state index in [0.29, 0.717) is 5.69 Å². The zero-order valence-electron chi connectivity index (χ0n) is 8.50. The minimum atomic E-state index is -0.257. The van der Waals surface area contributed by atoms with Gasteiger partial charge in [0.25, 0.3) is 0 Å². The normalized spacial score (nSPS) is 9.75. The van der Waals surface area contributed by atoms with Crippen LogP contribution in [0.4, 0.5) is 5.69 Å². The Morgan fingerprint density at radius 2 is 2.25 bits per heavy atom. The molecule has 0 spiro atoms. The topological polar surface area (TPSA) is 59.8 Å². The van der Waals surface area contributed by atoms with E-state index in [-0.39, 0.29) is 5.91 Å². The van der Waals surface area contributed by atoms with Gasteiger partial charge in [-0.15, -0.1) is 5.10 Å². The van der Waals surface area contributed by atoms with Crippen LogP contribution in [-0.4, -0.2) is 20.9 Å². The molecule has 2 rings (SSSR count). The molecule has 1 amide bonds. The van der Waals surface area contributed by atoms with Crippen LogP contribution >= 0.6 is 0 Å². The molecule has 2 aromatic rings. The molecule has 0 unspecified atom stereocenters. The summed E-state index contributed by atoms with van der Waals surface area (Å²) in [6, 6.07) is 7.32. The van der Waals surface area contributed by atoms with Crippen molar-refractivity contribution in [2.75, 3.05) is 5.32 Å². The average molecular weight is 214 g/mol. The van der Waals surface area contributed by atoms with Crippen molar-refractivity contribution in [2.24, 2.45) is 0 Å². The lowest BCUT2D eigenvalue weighted by atomic mass is 10.2. The van der Waals surface area contributed by atoms with Crippen LogP contribution in [0.5, 0.6) is 0 Å². The second kappa shape index (κ2) is 4.39. The zero-order chi connectivity index (χ0) is 11.4. The Bertz CT molecular complexity index is 504. The summed E-state index contributed by atoms with van der Waals surface area (Å²) < 4.78 is 1.58. The summed E-state index contributed by atoms with van der Waals surface area (Å²) in [4.78, 5) is 11.2. The average Bonchev–Trinajstić information content (AvgIpc) is 2.83. The Morgan fingerprint density at radius 1 is 1.44 bits per heavy atom. The molecule has 1 N–H and O–H groups in total. The summed E-state index contributed by atoms with van der Waals surface area (Å²) in [5.74, 6) is -0.257. The van der Waals surface area contributed by atoms with Crippen LogP contribution in [0.2, 0.25) is 0 Å². The number of nitrogens with zero attached hydrogens (tertiary/aromatic N) is 3. The Morgan fingerprint density at radius 3 is 2.94 bits per heavy atom. The molecule has 0 saturated heterocycles. The van der Waals surface area contributed by atoms with E-state index in [1.54, 1.807) is 23.1 Å². The van der Waals surface area contributed by atoms with Crippen molar-refractivity contribution < 1.29 is 4.79 Å². The molecule has 0 saturated carbocycles. The number of para-hydroxylation sites is 2. The zero-order valence-corrected chi connectivity index (χ0v) is 8.50. The van der Waals surface area contributed by atoms with E-state index in [1.807, 2.05) is 18.2 Å². The molecule has 16 heavy (non-hydrogen) atoms. The fraction of sp³-hybridized carbons (Fsp3) is 0. The molecule has 80 valence electrons. The van der Waals surface area contributed by atoms with Gasteiger partial charge in [-0.1, -0.05) is 23.9 Å². The smallest absolute Gasteiger partial charge is 0.247 e. The maximum absolute atomic E-state index is 11.2. The molecule has 0 bridgehead atoms. The van der Waals surface area contributed by atoms with Crippen LogP contribution in [-0.2, 0) is 4.79 Å². The maximum Gasteiger partial charge on any atom is 0.247 e. The highest BCUT2D eigenvalue weighted by atomic mass is 16.1. The van der Waals surface area contributed by atoms with Crippen LogP contribution in [0.1, 0.15) is 0 Å². The number of carbonyl (C=O) groups excluding carboxylic acids is 1. The molecule has 5 heteroatoms. The number of hydrogen-bond donors (Lipinski definition) is 1. The third kappa shape index (κ3) is 1.98. The van der Waals surface area contributed by atoms with Crippen LogP contribution in [0.3, 0.4) is 0 Å². The van der Waals surface area contributed by atoms with Gasteiger partial charge in [0.2, 0.25) is 5.91 Å². The van der Waals surface area contributed by atoms with Crippen molar-refractivity contribution in [1.29, 1.82) is 0 Å². The summed E-state index contributed by atoms with van der Waals surface area (Å²) >= 11 is 0. The van der Waals surface area contributed by atoms with Crippen molar-refractivity contribution in [2.45, 2.75) is 0 Å². The molecule has 0 aliphatic heterocycles. The summed E-state index contributed by atoms with van der Waals surface area (Å²) in [6.07, 6.45) is 4.50. The number of carbonyl (C=O) groups is 1. The standard InChI is InChI=1S/C11H10N4O/c1-2-11(16)13-9-5-3-4-6-10(9)15-8-7-12-14-15/h2-8H,1H2,(H,13,16). The van der Waals surface area contributed by atoms with Crippen molar-refractivity contribution >= 4 is 11.6 Å². The minimum absolute atomic E-state index is 0.257. The quantitative estimate of drug-likeness (QED) is 0.785. The molecule has 0 radical (unpaired) electrons. The first-order valence-electron chi connectivity index (χ1n) is 4.70. The van der Waals surface area contributed by atoms with E-state index >= 15 is 0 Å². The molecule has 1 heterocycles. The van der Waals surface area contributed by atoms with Gasteiger partial charge in [-0.2, -0.15) is 0 Å². The van der Waals surface area contributed by atoms with Gasteiger partial charge in [0.15, 0.2) is 0 Å². The number of hydrogen-bond acceptors (Lipinski definition) is 3. The second-order valence-electron chi connectivity index (χ2n) is 3.06. The van der Waals surface area contributed by atoms with E-state index < -0.39 is 0 Å². The summed E-state index contributed by atoms with van der Waals surface area (Å²) in [6.45, 7) is 3.40. The summed E-state index contributed by atoms with van der Waals surface area (Å²) in [5.41, 5.74) is 1.42. The molecule has 0 atom stereocenters. The highest BCUT2D eigenvalue weighted by Gasteiger charge is 2.05. The van der Waals surface area contributed by atoms with Gasteiger partial charge < -0.3 is 5.32 Å². The second-order valence-corrected chi connectivity index (χ2v) is 3.06. The van der Waals surface area contributed by atoms with E-state index in [1.165, 1.54) is 6.08 Å². The molecule has 5 nitrogen and oxygen atoms in total. The molecule has 0 aliphatic rings. The Kier molecular flexibility index (Phi) is 2.77.